The average Bonchev–Trinajstić information content (AvgIpc) is 3.33. The first-order valence-electron chi connectivity index (χ1n) is 15.1. The lowest BCUT2D eigenvalue weighted by Crippen LogP contribution is -2.49. The van der Waals surface area contributed by atoms with Crippen molar-refractivity contribution in [3.63, 3.8) is 0 Å². The molecule has 1 heterocycles. The van der Waals surface area contributed by atoms with Gasteiger partial charge in [0.15, 0.2) is 0 Å². The number of rotatable bonds is 10. The van der Waals surface area contributed by atoms with Crippen LogP contribution in [0.3, 0.4) is 0 Å². The van der Waals surface area contributed by atoms with E-state index >= 15 is 0 Å². The van der Waals surface area contributed by atoms with Crippen LogP contribution in [0.5, 0.6) is 5.75 Å². The average molecular weight is 607 g/mol. The van der Waals surface area contributed by atoms with Gasteiger partial charge in [-0.15, -0.1) is 0 Å². The third-order valence-corrected chi connectivity index (χ3v) is 8.72. The van der Waals surface area contributed by atoms with Crippen molar-refractivity contribution < 1.29 is 37.0 Å². The van der Waals surface area contributed by atoms with E-state index < -0.39 is 53.8 Å². The number of carbonyl (C=O) groups is 2. The molecule has 236 valence electrons. The maximum absolute atomic E-state index is 14.2. The fraction of sp³-hybridized carbons (Fsp3) is 0.576. The molecule has 2 aromatic carbocycles. The number of nitrogens with one attached hydrogen (secondary N) is 1. The fourth-order valence-corrected chi connectivity index (χ4v) is 6.79. The van der Waals surface area contributed by atoms with Crippen LogP contribution in [0.4, 0.5) is 17.6 Å². The normalized spacial score (nSPS) is 23.4. The first kappa shape index (κ1) is 32.8. The summed E-state index contributed by atoms with van der Waals surface area (Å²) in [4.78, 5) is 28.8. The molecule has 0 radical (unpaired) electrons. The molecule has 1 aliphatic carbocycles. The molecule has 1 saturated carbocycles. The van der Waals surface area contributed by atoms with Crippen LogP contribution >= 0.6 is 0 Å². The summed E-state index contributed by atoms with van der Waals surface area (Å²) in [6.07, 6.45) is -0.243. The lowest BCUT2D eigenvalue weighted by atomic mass is 9.72. The predicted molar refractivity (Wildman–Crippen MR) is 155 cm³/mol. The zero-order chi connectivity index (χ0) is 31.4. The number of alkyl halides is 4. The van der Waals surface area contributed by atoms with Gasteiger partial charge in [0, 0.05) is 36.4 Å². The molecule has 1 saturated heterocycles. The molecule has 4 rings (SSSR count). The van der Waals surface area contributed by atoms with Crippen molar-refractivity contribution in [3.8, 4) is 5.75 Å². The molecule has 0 aromatic heterocycles. The second-order valence-electron chi connectivity index (χ2n) is 12.7. The maximum Gasteiger partial charge on any atom is 0.416 e. The van der Waals surface area contributed by atoms with E-state index in [2.05, 4.69) is 5.32 Å². The standard InChI is InChI=1S/C33H42F4N2O4/c1-32(2,3)26-27(38-20-23-19-24(33(35,36)37)15-16-25(23)43-18-10-17-34)28(21-11-6-4-7-12-21)39(29(26)31(41)42)30(40)22-13-8-5-9-14-22/h4,6-7,11-12,15-16,19,22,26-29,38H,5,8-10,13-14,17-18,20H2,1-3H3,(H,41,42). The highest BCUT2D eigenvalue weighted by atomic mass is 19.4. The number of carbonyl (C=O) groups excluding carboxylic acids is 1. The Morgan fingerprint density at radius 1 is 1.02 bits per heavy atom. The van der Waals surface area contributed by atoms with Gasteiger partial charge >= 0.3 is 12.1 Å². The first-order valence-corrected chi connectivity index (χ1v) is 15.1. The van der Waals surface area contributed by atoms with Crippen molar-refractivity contribution in [1.82, 2.24) is 10.2 Å². The third kappa shape index (κ3) is 7.51. The first-order chi connectivity index (χ1) is 20.3. The van der Waals surface area contributed by atoms with Crippen molar-refractivity contribution in [2.24, 2.45) is 17.3 Å². The van der Waals surface area contributed by atoms with Crippen molar-refractivity contribution >= 4 is 11.9 Å². The van der Waals surface area contributed by atoms with Crippen molar-refractivity contribution in [2.45, 2.75) is 90.1 Å². The van der Waals surface area contributed by atoms with E-state index in [9.17, 15) is 32.3 Å². The number of aliphatic carboxylic acids is 1. The van der Waals surface area contributed by atoms with Gasteiger partial charge < -0.3 is 20.1 Å². The zero-order valence-electron chi connectivity index (χ0n) is 25.0. The van der Waals surface area contributed by atoms with Crippen LogP contribution in [-0.2, 0) is 22.3 Å². The second kappa shape index (κ2) is 13.7. The highest BCUT2D eigenvalue weighted by Crippen LogP contribution is 2.49. The smallest absolute Gasteiger partial charge is 0.416 e. The quantitative estimate of drug-likeness (QED) is 0.221. The molecule has 2 fully saturated rings. The van der Waals surface area contributed by atoms with Gasteiger partial charge in [-0.1, -0.05) is 70.4 Å². The molecule has 0 spiro atoms. The fourth-order valence-electron chi connectivity index (χ4n) is 6.79. The summed E-state index contributed by atoms with van der Waals surface area (Å²) in [7, 11) is 0. The zero-order valence-corrected chi connectivity index (χ0v) is 25.0. The lowest BCUT2D eigenvalue weighted by molar-refractivity contribution is -0.154. The minimum absolute atomic E-state index is 0.000303. The van der Waals surface area contributed by atoms with Crippen LogP contribution in [0.25, 0.3) is 0 Å². The molecule has 10 heteroatoms. The number of nitrogens with zero attached hydrogens (tertiary/aromatic N) is 1. The van der Waals surface area contributed by atoms with E-state index in [1.54, 1.807) is 4.90 Å². The summed E-state index contributed by atoms with van der Waals surface area (Å²) in [6.45, 7) is 5.08. The van der Waals surface area contributed by atoms with E-state index in [1.807, 2.05) is 51.1 Å². The van der Waals surface area contributed by atoms with Crippen molar-refractivity contribution in [1.29, 1.82) is 0 Å². The maximum atomic E-state index is 14.2. The summed E-state index contributed by atoms with van der Waals surface area (Å²) in [6, 6.07) is 10.00. The minimum Gasteiger partial charge on any atom is -0.493 e. The third-order valence-electron chi connectivity index (χ3n) is 8.72. The molecule has 0 bridgehead atoms. The highest BCUT2D eigenvalue weighted by Gasteiger charge is 2.58. The molecule has 2 aromatic rings. The SMILES string of the molecule is CC(C)(C)C1C(NCc2cc(C(F)(F)F)ccc2OCCCF)C(c2ccccc2)N(C(=O)C2CCCCC2)C1C(=O)O. The Balaban J connectivity index is 1.79. The van der Waals surface area contributed by atoms with Gasteiger partial charge in [-0.3, -0.25) is 9.18 Å². The number of carboxylic acids is 1. The topological polar surface area (TPSA) is 78.9 Å². The molecule has 1 aliphatic heterocycles. The number of benzene rings is 2. The molecule has 4 unspecified atom stereocenters. The van der Waals surface area contributed by atoms with E-state index in [-0.39, 0.29) is 42.7 Å². The molecule has 2 N–H and O–H groups in total. The number of likely N-dealkylation sites (tertiary alicyclic amines) is 1. The van der Waals surface area contributed by atoms with Crippen LogP contribution in [0.1, 0.15) is 82.0 Å². The van der Waals surface area contributed by atoms with Crippen LogP contribution in [0.15, 0.2) is 48.5 Å². The second-order valence-corrected chi connectivity index (χ2v) is 12.7. The van der Waals surface area contributed by atoms with E-state index in [1.165, 1.54) is 6.07 Å². The Labute approximate surface area is 250 Å². The summed E-state index contributed by atoms with van der Waals surface area (Å²) >= 11 is 0. The minimum atomic E-state index is -4.59. The number of ether oxygens (including phenoxy) is 1. The van der Waals surface area contributed by atoms with E-state index in [0.29, 0.717) is 12.8 Å². The summed E-state index contributed by atoms with van der Waals surface area (Å²) in [5, 5.41) is 14.0. The van der Waals surface area contributed by atoms with Crippen LogP contribution < -0.4 is 10.1 Å². The molecular weight excluding hydrogens is 564 g/mol. The molecule has 1 amide bonds. The lowest BCUT2D eigenvalue weighted by Gasteiger charge is -2.36. The largest absolute Gasteiger partial charge is 0.493 e. The Morgan fingerprint density at radius 3 is 2.28 bits per heavy atom. The van der Waals surface area contributed by atoms with E-state index in [0.717, 1.165) is 37.0 Å². The highest BCUT2D eigenvalue weighted by molar-refractivity contribution is 5.87. The van der Waals surface area contributed by atoms with E-state index in [4.69, 9.17) is 4.74 Å². The number of carboxylic acid groups (broad SMARTS) is 1. The Hall–Kier alpha value is -3.14. The molecular formula is C33H42F4N2O4. The van der Waals surface area contributed by atoms with Crippen LogP contribution in [0.2, 0.25) is 0 Å². The molecule has 2 aliphatic rings. The number of amides is 1. The van der Waals surface area contributed by atoms with Gasteiger partial charge in [-0.25, -0.2) is 4.79 Å². The van der Waals surface area contributed by atoms with Crippen molar-refractivity contribution in [2.75, 3.05) is 13.3 Å². The van der Waals surface area contributed by atoms with Crippen molar-refractivity contribution in [3.05, 3.63) is 65.2 Å². The number of halogens is 4. The summed E-state index contributed by atoms with van der Waals surface area (Å²) in [5.74, 6) is -1.96. The molecule has 4 atom stereocenters. The van der Waals surface area contributed by atoms with Gasteiger partial charge in [-0.05, 0) is 42.0 Å². The Bertz CT molecular complexity index is 1240. The Morgan fingerprint density at radius 2 is 1.70 bits per heavy atom. The van der Waals surface area contributed by atoms with Crippen LogP contribution in [0, 0.1) is 17.3 Å². The van der Waals surface area contributed by atoms with Gasteiger partial charge in [0.2, 0.25) is 5.91 Å². The van der Waals surface area contributed by atoms with Gasteiger partial charge in [0.25, 0.3) is 0 Å². The number of hydrogen-bond donors (Lipinski definition) is 2. The van der Waals surface area contributed by atoms with Gasteiger partial charge in [0.05, 0.1) is 24.9 Å². The predicted octanol–water partition coefficient (Wildman–Crippen LogP) is 7.18. The van der Waals surface area contributed by atoms with Gasteiger partial charge in [0.1, 0.15) is 11.8 Å². The molecule has 6 nitrogen and oxygen atoms in total. The van der Waals surface area contributed by atoms with Crippen LogP contribution in [-0.4, -0.2) is 47.2 Å². The molecule has 43 heavy (non-hydrogen) atoms. The van der Waals surface area contributed by atoms with Gasteiger partial charge in [-0.2, -0.15) is 13.2 Å². The summed E-state index contributed by atoms with van der Waals surface area (Å²) < 4.78 is 59.5. The summed E-state index contributed by atoms with van der Waals surface area (Å²) in [5.41, 5.74) is -0.468. The Kier molecular flexibility index (Phi) is 10.4. The number of hydrogen-bond acceptors (Lipinski definition) is 4. The monoisotopic (exact) mass is 606 g/mol.